The van der Waals surface area contributed by atoms with E-state index in [-0.39, 0.29) is 29.7 Å². The van der Waals surface area contributed by atoms with Gasteiger partial charge in [-0.3, -0.25) is 42.7 Å². The standard InChI is InChI=1S/C17H25N2O8P.C15H25N2O5P.C15H25N2O4P.C14H22ClN2O3P.C14H22FN2O3P/c1-9(20)26-8-11(21)10-7-19(17(25)18-15(10)24)16-14(23)13(22)12(27-16)5-6-28(2,3)4;1-16-11(18)6-8-17(15(16)20)14-13(21-2)12(19)10(22-14)7-9-23(3,4)5;1-10-16-12(18)6-8-17(10)15-14(20-2)13(19)11(21-15)7-9-22(3,4)5;2*1-8-9(7-16-14(19)17-8)13-11(15)12(18)10(20-13)5-6-21(2,3)4/h7,12-14,16,22-23H,2,5-6,8H2,1,3-4H3,(H,18,24,25);6,8,10,12-14,19H,3,7,9H2,1-2,4-5H3;6,8,11,13-15,19H,1,3,7,9H2,2,4-5H3,(H,16,18);2*7,10-13,18H,1-2,5-6H2,3-4H3,(H2,16,17,19)/t12-,13-,14-,16?;10-,12-,13-,14?;11-,13-,14-,15?;2*10-,11-,12-,13?/m11111/s1. The third-order valence-electron chi connectivity index (χ3n) is 19.5. The van der Waals surface area contributed by atoms with Gasteiger partial charge in [0.2, 0.25) is 5.78 Å². The molecule has 5 amide bonds. The number of aromatic nitrogens is 4. The number of hydrogen-bond acceptors (Lipinski definition) is 24. The quantitative estimate of drug-likeness (QED) is 0.0294. The molecule has 10 rings (SSSR count). The van der Waals surface area contributed by atoms with Crippen molar-refractivity contribution in [1.82, 2.24) is 50.2 Å². The van der Waals surface area contributed by atoms with E-state index >= 15 is 0 Å². The molecule has 20 atom stereocenters. The number of nitrogens with zero attached hydrogens (tertiary/aromatic N) is 4. The van der Waals surface area contributed by atoms with Crippen molar-refractivity contribution in [2.24, 2.45) is 7.05 Å². The number of carbonyl (C=O) groups is 5. The number of H-pyrrole nitrogens is 1. The van der Waals surface area contributed by atoms with Gasteiger partial charge in [-0.2, -0.15) is 0 Å². The number of aliphatic hydroxyl groups is 6. The summed E-state index contributed by atoms with van der Waals surface area (Å²) in [5.74, 6) is -1.33. The number of ether oxygens (including phenoxy) is 8. The van der Waals surface area contributed by atoms with Crippen LogP contribution < -0.4 is 49.1 Å². The van der Waals surface area contributed by atoms with Crippen LogP contribution in [0.25, 0.3) is 0 Å². The second-order valence-corrected chi connectivity index (χ2v) is 54.8. The number of ketones is 1. The van der Waals surface area contributed by atoms with Crippen LogP contribution in [-0.4, -0.2) is 343 Å². The van der Waals surface area contributed by atoms with Crippen LogP contribution in [0.1, 0.15) is 61.8 Å². The lowest BCUT2D eigenvalue weighted by atomic mass is 10.00. The number of carbonyl (C=O) groups excluding carboxylic acids is 5. The molecule has 0 aliphatic carbocycles. The van der Waals surface area contributed by atoms with Gasteiger partial charge in [0.1, 0.15) is 66.3 Å². The summed E-state index contributed by atoms with van der Waals surface area (Å²) < 4.78 is 61.9. The molecule has 5 saturated heterocycles. The van der Waals surface area contributed by atoms with E-state index in [1.54, 1.807) is 18.2 Å². The minimum absolute atomic E-state index is 0.228. The first-order valence-electron chi connectivity index (χ1n) is 36.9. The molecule has 5 fully saturated rings. The number of nitrogens with one attached hydrogen (secondary N) is 6. The summed E-state index contributed by atoms with van der Waals surface area (Å²) in [6.07, 6.45) is 21.2. The van der Waals surface area contributed by atoms with Crippen molar-refractivity contribution in [3.63, 3.8) is 0 Å². The van der Waals surface area contributed by atoms with E-state index in [0.29, 0.717) is 53.8 Å². The average molecular weight is 1740 g/mol. The highest BCUT2D eigenvalue weighted by molar-refractivity contribution is 7.73. The Morgan fingerprint density at radius 3 is 1.43 bits per heavy atom. The van der Waals surface area contributed by atoms with Gasteiger partial charge in [0.05, 0.1) is 42.0 Å². The van der Waals surface area contributed by atoms with Crippen LogP contribution in [0.15, 0.2) is 110 Å². The van der Waals surface area contributed by atoms with Crippen molar-refractivity contribution < 1.29 is 96.9 Å². The Balaban J connectivity index is 0.000000225. The molecule has 5 unspecified atom stereocenters. The Bertz CT molecular complexity index is 4400. The number of aromatic amines is 1. The summed E-state index contributed by atoms with van der Waals surface area (Å²) in [6.45, 7) is 26.6. The lowest BCUT2D eigenvalue weighted by molar-refractivity contribution is -0.139. The van der Waals surface area contributed by atoms with Gasteiger partial charge in [-0.05, 0) is 130 Å². The Kier molecular flexibility index (Phi) is 35.1. The van der Waals surface area contributed by atoms with Crippen LogP contribution in [0.2, 0.25) is 0 Å². The van der Waals surface area contributed by atoms with Crippen molar-refractivity contribution in [2.75, 3.05) is 118 Å². The largest absolute Gasteiger partial charge is 0.457 e. The van der Waals surface area contributed by atoms with E-state index in [0.717, 1.165) is 59.7 Å². The molecule has 10 heterocycles. The molecule has 8 aliphatic rings. The topological polar surface area (TPSA) is 443 Å². The molecule has 33 nitrogen and oxygen atoms in total. The predicted octanol–water partition coefficient (Wildman–Crippen LogP) is 2.32. The normalized spacial score (nSPS) is 30.1. The van der Waals surface area contributed by atoms with Crippen LogP contribution >= 0.6 is 46.0 Å². The van der Waals surface area contributed by atoms with Gasteiger partial charge < -0.3 is 100 Å². The summed E-state index contributed by atoms with van der Waals surface area (Å²) >= 11 is 6.30. The van der Waals surface area contributed by atoms with Gasteiger partial charge in [0.25, 0.3) is 17.0 Å². The molecule has 0 saturated carbocycles. The molecule has 0 spiro atoms. The fraction of sp³-hybridized carbons (Fsp3) is 0.600. The highest BCUT2D eigenvalue weighted by Gasteiger charge is 2.51. The van der Waals surface area contributed by atoms with E-state index in [1.165, 1.54) is 49.5 Å². The van der Waals surface area contributed by atoms with Crippen molar-refractivity contribution >= 4 is 107 Å². The van der Waals surface area contributed by atoms with Gasteiger partial charge in [-0.1, -0.05) is 19.7 Å². The molecule has 12 N–H and O–H groups in total. The third-order valence-corrected chi connectivity index (χ3v) is 27.3. The molecule has 8 aliphatic heterocycles. The summed E-state index contributed by atoms with van der Waals surface area (Å²) in [6, 6.07) is 0.536. The zero-order valence-corrected chi connectivity index (χ0v) is 73.2. The predicted molar refractivity (Wildman–Crippen MR) is 457 cm³/mol. The molecule has 115 heavy (non-hydrogen) atoms. The minimum Gasteiger partial charge on any atom is -0.457 e. The van der Waals surface area contributed by atoms with Crippen LogP contribution in [0.3, 0.4) is 0 Å². The maximum atomic E-state index is 14.3. The van der Waals surface area contributed by atoms with Gasteiger partial charge in [-0.25, -0.2) is 23.6 Å². The number of esters is 1. The monoisotopic (exact) mass is 1740 g/mol. The van der Waals surface area contributed by atoms with Gasteiger partial charge in [0, 0.05) is 93.9 Å². The number of urea groups is 2. The van der Waals surface area contributed by atoms with Crippen LogP contribution in [0.4, 0.5) is 14.0 Å². The summed E-state index contributed by atoms with van der Waals surface area (Å²) in [4.78, 5) is 108. The highest BCUT2D eigenvalue weighted by Crippen LogP contribution is 2.45. The lowest BCUT2D eigenvalue weighted by Gasteiger charge is -2.33. The number of halogens is 2. The maximum Gasteiger partial charge on any atom is 0.332 e. The number of amides is 5. The van der Waals surface area contributed by atoms with Crippen LogP contribution in [0, 0.1) is 0 Å². The smallest absolute Gasteiger partial charge is 0.332 e. The second kappa shape index (κ2) is 41.3. The summed E-state index contributed by atoms with van der Waals surface area (Å²) in [7, 11) is 4.42. The molecule has 40 heteroatoms. The van der Waals surface area contributed by atoms with Crippen LogP contribution in [-0.2, 0) is 54.5 Å². The minimum atomic E-state index is -1.54. The van der Waals surface area contributed by atoms with Gasteiger partial charge in [0.15, 0.2) is 31.5 Å². The number of aliphatic hydroxyl groups excluding tert-OH is 6. The first-order valence-corrected chi connectivity index (χ1v) is 52.6. The molecule has 0 aromatic carbocycles. The Labute approximate surface area is 675 Å². The average Bonchev–Trinajstić information content (AvgIpc) is 1.62. The number of rotatable bonds is 25. The van der Waals surface area contributed by atoms with Gasteiger partial charge >= 0.3 is 29.4 Å². The number of alkyl halides is 2. The lowest BCUT2D eigenvalue weighted by Crippen LogP contribution is -2.47. The zero-order valence-electron chi connectivity index (χ0n) is 67.9. The van der Waals surface area contributed by atoms with E-state index in [2.05, 4.69) is 136 Å². The maximum absolute atomic E-state index is 14.3. The van der Waals surface area contributed by atoms with Crippen molar-refractivity contribution in [1.29, 1.82) is 0 Å². The molecule has 646 valence electrons. The van der Waals surface area contributed by atoms with Crippen LogP contribution in [0.5, 0.6) is 0 Å². The number of Topliss-reactive ketones (excluding diaryl/α,β-unsaturated/α-hetero) is 1. The molecule has 0 bridgehead atoms. The van der Waals surface area contributed by atoms with E-state index in [4.69, 9.17) is 44.8 Å². The third kappa shape index (κ3) is 27.8. The van der Waals surface area contributed by atoms with Crippen molar-refractivity contribution in [2.45, 2.75) is 161 Å². The first kappa shape index (κ1) is 97.8. The Morgan fingerprint density at radius 2 is 0.983 bits per heavy atom. The number of hydrogen-bond donors (Lipinski definition) is 12. The van der Waals surface area contributed by atoms with E-state index in [9.17, 15) is 78.2 Å². The highest BCUT2D eigenvalue weighted by atomic mass is 35.5. The van der Waals surface area contributed by atoms with Crippen molar-refractivity contribution in [3.05, 3.63) is 138 Å². The molecular weight excluding hydrogens is 1620 g/mol. The fourth-order valence-electron chi connectivity index (χ4n) is 13.0. The molecular formula is C75H119ClFN10O23P5. The summed E-state index contributed by atoms with van der Waals surface area (Å²) in [5.41, 5.74) is -1.34. The Morgan fingerprint density at radius 1 is 0.565 bits per heavy atom. The van der Waals surface area contributed by atoms with Gasteiger partial charge in [-0.15, -0.1) is 77.5 Å². The fourth-order valence-corrected chi connectivity index (χ4v) is 18.1. The van der Waals surface area contributed by atoms with E-state index in [1.807, 2.05) is 18.3 Å². The SMILES string of the molecule is C=C1NC(=O)C=CN1C1O[C@H](CCP(=C)(C)C)[C@@H](O)[C@H]1OC.C=C1NC(=O)NC=C1C1O[C@H](CCP(=C)(C)C)[C@@H](O)[C@H]1Cl.C=C1NC(=O)NC=C1C1O[C@H](CCP(=C)(C)C)[C@@H](O)[C@H]1F.C=P(C)(C)CC[C@H]1OC(n2cc(C(=O)COC(C)=O)c(=O)[nH]c2=O)[C@H](O)[C@@H]1O.C=P(C)(C)CC[C@H]1OC(n2ccc(=O)n(C)c2=O)[C@H](OC)[C@@H]1O. The van der Waals surface area contributed by atoms with Crippen molar-refractivity contribution in [3.8, 4) is 0 Å². The van der Waals surface area contributed by atoms with E-state index < -0.39 is 191 Å². The molecule has 2 aromatic heterocycles. The number of methoxy groups -OCH3 is 2. The second-order valence-electron chi connectivity index (χ2n) is 32.7. The zero-order chi connectivity index (χ0) is 86.6. The Hall–Kier alpha value is -6.05. The molecule has 2 aromatic rings. The summed E-state index contributed by atoms with van der Waals surface area (Å²) in [5, 5.41) is 73.9. The first-order chi connectivity index (χ1) is 53.2. The molecule has 0 radical (unpaired) electrons.